The topological polar surface area (TPSA) is 79.3 Å². The number of nitrogens with one attached hydrogen (secondary N) is 1. The summed E-state index contributed by atoms with van der Waals surface area (Å²) in [6, 6.07) is 2.65. The fourth-order valence-corrected chi connectivity index (χ4v) is 1.69. The predicted octanol–water partition coefficient (Wildman–Crippen LogP) is 1.17. The first-order valence-electron chi connectivity index (χ1n) is 5.55. The average molecular weight is 234 g/mol. The van der Waals surface area contributed by atoms with Gasteiger partial charge in [0.15, 0.2) is 0 Å². The molecule has 2 atom stereocenters. The molecule has 1 heterocycles. The van der Waals surface area contributed by atoms with E-state index in [4.69, 9.17) is 5.11 Å². The van der Waals surface area contributed by atoms with E-state index in [1.807, 2.05) is 0 Å². The van der Waals surface area contributed by atoms with Gasteiger partial charge >= 0.3 is 5.97 Å². The zero-order valence-electron chi connectivity index (χ0n) is 9.51. The molecule has 0 radical (unpaired) electrons. The molecule has 0 saturated heterocycles. The molecule has 17 heavy (non-hydrogen) atoms. The number of carbonyl (C=O) groups is 2. The van der Waals surface area contributed by atoms with Gasteiger partial charge in [-0.1, -0.05) is 6.92 Å². The molecule has 0 bridgehead atoms. The molecule has 1 aromatic rings. The van der Waals surface area contributed by atoms with Crippen molar-refractivity contribution in [3.63, 3.8) is 0 Å². The normalized spacial score (nSPS) is 21.9. The van der Waals surface area contributed by atoms with E-state index in [1.54, 1.807) is 0 Å². The van der Waals surface area contributed by atoms with E-state index in [0.29, 0.717) is 18.4 Å². The van der Waals surface area contributed by atoms with Crippen LogP contribution in [-0.4, -0.2) is 28.5 Å². The summed E-state index contributed by atoms with van der Waals surface area (Å²) in [5.41, 5.74) is 0.225. The molecular weight excluding hydrogens is 220 g/mol. The van der Waals surface area contributed by atoms with Crippen molar-refractivity contribution in [1.29, 1.82) is 0 Å². The van der Waals surface area contributed by atoms with E-state index >= 15 is 0 Å². The van der Waals surface area contributed by atoms with Gasteiger partial charge in [0.05, 0.1) is 5.56 Å². The Kier molecular flexibility index (Phi) is 3.08. The smallest absolute Gasteiger partial charge is 0.335 e. The fourth-order valence-electron chi connectivity index (χ4n) is 1.69. The Balaban J connectivity index is 1.98. The molecule has 1 fully saturated rings. The van der Waals surface area contributed by atoms with Crippen LogP contribution in [0.2, 0.25) is 0 Å². The van der Waals surface area contributed by atoms with E-state index in [-0.39, 0.29) is 17.2 Å². The van der Waals surface area contributed by atoms with Crippen molar-refractivity contribution in [3.8, 4) is 0 Å². The van der Waals surface area contributed by atoms with Gasteiger partial charge in [-0.15, -0.1) is 0 Å². The summed E-state index contributed by atoms with van der Waals surface area (Å²) in [5.74, 6) is -0.139. The number of hydrogen-bond donors (Lipinski definition) is 2. The summed E-state index contributed by atoms with van der Waals surface area (Å²) in [6.45, 7) is 2.78. The zero-order valence-corrected chi connectivity index (χ0v) is 9.51. The minimum atomic E-state index is -1.06. The summed E-state index contributed by atoms with van der Waals surface area (Å²) in [5, 5.41) is 11.6. The molecule has 2 N–H and O–H groups in total. The Morgan fingerprint density at radius 2 is 2.29 bits per heavy atom. The predicted molar refractivity (Wildman–Crippen MR) is 60.8 cm³/mol. The van der Waals surface area contributed by atoms with E-state index in [1.165, 1.54) is 18.3 Å². The molecule has 90 valence electrons. The molecule has 1 aromatic heterocycles. The van der Waals surface area contributed by atoms with E-state index in [9.17, 15) is 9.59 Å². The van der Waals surface area contributed by atoms with Crippen molar-refractivity contribution in [2.24, 2.45) is 11.8 Å². The number of aromatic carboxylic acids is 1. The molecule has 5 heteroatoms. The molecule has 1 aliphatic rings. The minimum absolute atomic E-state index is 0.0740. The standard InChI is InChI=1S/C12H14N2O3/c1-7-4-9(7)6-14-11(15)10-5-8(12(16)17)2-3-13-10/h2-3,5,7,9H,4,6H2,1H3,(H,14,15)(H,16,17). The Morgan fingerprint density at radius 1 is 1.59 bits per heavy atom. The van der Waals surface area contributed by atoms with Crippen molar-refractivity contribution in [3.05, 3.63) is 29.6 Å². The molecule has 5 nitrogen and oxygen atoms in total. The summed E-state index contributed by atoms with van der Waals surface area (Å²) in [6.07, 6.45) is 2.47. The highest BCUT2D eigenvalue weighted by Gasteiger charge is 2.32. The van der Waals surface area contributed by atoms with Gasteiger partial charge in [0.1, 0.15) is 5.69 Å². The lowest BCUT2D eigenvalue weighted by molar-refractivity contribution is 0.0696. The lowest BCUT2D eigenvalue weighted by Gasteiger charge is -2.04. The molecule has 1 amide bonds. The van der Waals surface area contributed by atoms with Crippen LogP contribution in [0.15, 0.2) is 18.3 Å². The second-order valence-corrected chi connectivity index (χ2v) is 4.42. The highest BCUT2D eigenvalue weighted by atomic mass is 16.4. The zero-order chi connectivity index (χ0) is 12.4. The maximum absolute atomic E-state index is 11.7. The number of nitrogens with zero attached hydrogens (tertiary/aromatic N) is 1. The maximum atomic E-state index is 11.7. The Hall–Kier alpha value is -1.91. The van der Waals surface area contributed by atoms with Crippen LogP contribution in [0.3, 0.4) is 0 Å². The van der Waals surface area contributed by atoms with Crippen LogP contribution in [0, 0.1) is 11.8 Å². The van der Waals surface area contributed by atoms with Crippen molar-refractivity contribution < 1.29 is 14.7 Å². The largest absolute Gasteiger partial charge is 0.478 e. The van der Waals surface area contributed by atoms with Gasteiger partial charge in [0, 0.05) is 12.7 Å². The molecule has 0 spiro atoms. The highest BCUT2D eigenvalue weighted by molar-refractivity contribution is 5.95. The van der Waals surface area contributed by atoms with Crippen molar-refractivity contribution in [2.45, 2.75) is 13.3 Å². The van der Waals surface area contributed by atoms with Gasteiger partial charge in [0.2, 0.25) is 0 Å². The van der Waals surface area contributed by atoms with Gasteiger partial charge < -0.3 is 10.4 Å². The van der Waals surface area contributed by atoms with Gasteiger partial charge in [-0.05, 0) is 30.4 Å². The van der Waals surface area contributed by atoms with Crippen LogP contribution in [0.1, 0.15) is 34.2 Å². The number of aromatic nitrogens is 1. The lowest BCUT2D eigenvalue weighted by atomic mass is 10.2. The lowest BCUT2D eigenvalue weighted by Crippen LogP contribution is -2.27. The fraction of sp³-hybridized carbons (Fsp3) is 0.417. The van der Waals surface area contributed by atoms with E-state index in [0.717, 1.165) is 6.42 Å². The van der Waals surface area contributed by atoms with Gasteiger partial charge in [-0.25, -0.2) is 4.79 Å². The summed E-state index contributed by atoms with van der Waals surface area (Å²) < 4.78 is 0. The van der Waals surface area contributed by atoms with Crippen LogP contribution in [0.4, 0.5) is 0 Å². The van der Waals surface area contributed by atoms with Crippen LogP contribution in [-0.2, 0) is 0 Å². The third-order valence-corrected chi connectivity index (χ3v) is 3.04. The van der Waals surface area contributed by atoms with E-state index in [2.05, 4.69) is 17.2 Å². The summed E-state index contributed by atoms with van der Waals surface area (Å²) in [4.78, 5) is 26.3. The van der Waals surface area contributed by atoms with Crippen molar-refractivity contribution in [1.82, 2.24) is 10.3 Å². The van der Waals surface area contributed by atoms with Crippen LogP contribution in [0.5, 0.6) is 0 Å². The van der Waals surface area contributed by atoms with Crippen molar-refractivity contribution in [2.75, 3.05) is 6.54 Å². The molecular formula is C12H14N2O3. The van der Waals surface area contributed by atoms with Crippen LogP contribution in [0.25, 0.3) is 0 Å². The third kappa shape index (κ3) is 2.81. The van der Waals surface area contributed by atoms with Crippen molar-refractivity contribution >= 4 is 11.9 Å². The van der Waals surface area contributed by atoms with Crippen LogP contribution < -0.4 is 5.32 Å². The second-order valence-electron chi connectivity index (χ2n) is 4.42. The number of carboxylic acids is 1. The highest BCUT2D eigenvalue weighted by Crippen LogP contribution is 2.36. The first-order valence-corrected chi connectivity index (χ1v) is 5.55. The number of pyridine rings is 1. The number of rotatable bonds is 4. The Labute approximate surface area is 98.9 Å². The van der Waals surface area contributed by atoms with Gasteiger partial charge in [0.25, 0.3) is 5.91 Å². The SMILES string of the molecule is CC1CC1CNC(=O)c1cc(C(=O)O)ccn1. The average Bonchev–Trinajstić information content (AvgIpc) is 3.02. The first kappa shape index (κ1) is 11.6. The summed E-state index contributed by atoms with van der Waals surface area (Å²) in [7, 11) is 0. The number of carbonyl (C=O) groups excluding carboxylic acids is 1. The van der Waals surface area contributed by atoms with E-state index < -0.39 is 5.97 Å². The molecule has 2 rings (SSSR count). The number of carboxylic acid groups (broad SMARTS) is 1. The molecule has 2 unspecified atom stereocenters. The molecule has 0 aliphatic heterocycles. The van der Waals surface area contributed by atoms with Gasteiger partial charge in [-0.2, -0.15) is 0 Å². The summed E-state index contributed by atoms with van der Waals surface area (Å²) >= 11 is 0. The monoisotopic (exact) mass is 234 g/mol. The van der Waals surface area contributed by atoms with Gasteiger partial charge in [-0.3, -0.25) is 9.78 Å². The third-order valence-electron chi connectivity index (χ3n) is 3.04. The first-order chi connectivity index (χ1) is 8.08. The quantitative estimate of drug-likeness (QED) is 0.819. The maximum Gasteiger partial charge on any atom is 0.335 e. The molecule has 1 aliphatic carbocycles. The molecule has 0 aromatic carbocycles. The Bertz CT molecular complexity index is 459. The minimum Gasteiger partial charge on any atom is -0.478 e. The molecule has 1 saturated carbocycles. The second kappa shape index (κ2) is 4.53. The number of hydrogen-bond acceptors (Lipinski definition) is 3. The Morgan fingerprint density at radius 3 is 2.88 bits per heavy atom. The number of amides is 1. The van der Waals surface area contributed by atoms with Crippen LogP contribution >= 0.6 is 0 Å².